The van der Waals surface area contributed by atoms with Crippen molar-refractivity contribution in [2.75, 3.05) is 13.1 Å². The highest BCUT2D eigenvalue weighted by Crippen LogP contribution is 2.45. The van der Waals surface area contributed by atoms with Crippen molar-refractivity contribution in [3.8, 4) is 10.4 Å². The number of carbonyl (C=O) groups excluding carboxylic acids is 2. The second-order valence-electron chi connectivity index (χ2n) is 9.87. The number of aryl methyl sites for hydroxylation is 2. The summed E-state index contributed by atoms with van der Waals surface area (Å²) in [6, 6.07) is 11.3. The molecular weight excluding hydrogens is 480 g/mol. The van der Waals surface area contributed by atoms with Crippen LogP contribution in [0.5, 0.6) is 0 Å². The van der Waals surface area contributed by atoms with Crippen LogP contribution in [-0.4, -0.2) is 45.8 Å². The fraction of sp³-hybridized carbons (Fsp3) is 0.407. The topological polar surface area (TPSA) is 75.2 Å². The first-order valence-electron chi connectivity index (χ1n) is 12.1. The number of aromatic nitrogens is 2. The third-order valence-electron chi connectivity index (χ3n) is 7.22. The van der Waals surface area contributed by atoms with E-state index in [1.165, 1.54) is 6.20 Å². The molecule has 2 amide bonds. The van der Waals surface area contributed by atoms with Crippen LogP contribution in [0.2, 0.25) is 5.02 Å². The average molecular weight is 509 g/mol. The van der Waals surface area contributed by atoms with Crippen molar-refractivity contribution in [2.24, 2.45) is 17.8 Å². The maximum atomic E-state index is 13.9. The number of likely N-dealkylation sites (tertiary alicyclic amines) is 1. The van der Waals surface area contributed by atoms with E-state index in [-0.39, 0.29) is 23.6 Å². The summed E-state index contributed by atoms with van der Waals surface area (Å²) >= 11 is 7.59. The maximum Gasteiger partial charge on any atom is 0.274 e. The van der Waals surface area contributed by atoms with Crippen LogP contribution in [0.15, 0.2) is 42.6 Å². The van der Waals surface area contributed by atoms with Gasteiger partial charge in [-0.2, -0.15) is 0 Å². The van der Waals surface area contributed by atoms with Crippen LogP contribution >= 0.6 is 22.9 Å². The van der Waals surface area contributed by atoms with Gasteiger partial charge in [-0.15, -0.1) is 11.3 Å². The average Bonchev–Trinajstić information content (AvgIpc) is 3.49. The fourth-order valence-electron chi connectivity index (χ4n) is 5.75. The molecule has 1 aromatic carbocycles. The minimum absolute atomic E-state index is 0.0481. The van der Waals surface area contributed by atoms with Gasteiger partial charge in [0.05, 0.1) is 15.9 Å². The Bertz CT molecular complexity index is 1280. The van der Waals surface area contributed by atoms with Crippen molar-refractivity contribution in [3.63, 3.8) is 0 Å². The number of benzene rings is 1. The van der Waals surface area contributed by atoms with Crippen LogP contribution < -0.4 is 5.32 Å². The highest BCUT2D eigenvalue weighted by Gasteiger charge is 2.48. The number of carbonyl (C=O) groups is 2. The molecule has 1 saturated heterocycles. The number of nitrogens with zero attached hydrogens (tertiary/aromatic N) is 3. The lowest BCUT2D eigenvalue weighted by atomic mass is 9.93. The Kier molecular flexibility index (Phi) is 6.64. The molecule has 0 spiro atoms. The number of hydrogen-bond acceptors (Lipinski definition) is 5. The molecule has 35 heavy (non-hydrogen) atoms. The monoisotopic (exact) mass is 508 g/mol. The van der Waals surface area contributed by atoms with Gasteiger partial charge in [0.25, 0.3) is 11.8 Å². The minimum Gasteiger partial charge on any atom is -0.349 e. The fourth-order valence-corrected chi connectivity index (χ4v) is 6.81. The van der Waals surface area contributed by atoms with E-state index >= 15 is 0 Å². The Morgan fingerprint density at radius 2 is 2.03 bits per heavy atom. The summed E-state index contributed by atoms with van der Waals surface area (Å²) in [4.78, 5) is 38.4. The van der Waals surface area contributed by atoms with Gasteiger partial charge in [-0.05, 0) is 62.1 Å². The van der Waals surface area contributed by atoms with E-state index in [1.807, 2.05) is 24.0 Å². The molecule has 5 rings (SSSR count). The van der Waals surface area contributed by atoms with Crippen molar-refractivity contribution < 1.29 is 9.59 Å². The van der Waals surface area contributed by atoms with Gasteiger partial charge in [0.1, 0.15) is 11.4 Å². The summed E-state index contributed by atoms with van der Waals surface area (Å²) in [6.07, 6.45) is 3.69. The van der Waals surface area contributed by atoms with Gasteiger partial charge in [-0.25, -0.2) is 4.98 Å². The maximum absolute atomic E-state index is 13.9. The van der Waals surface area contributed by atoms with E-state index in [2.05, 4.69) is 41.3 Å². The number of hydrogen-bond donors (Lipinski definition) is 1. The Hall–Kier alpha value is -2.77. The summed E-state index contributed by atoms with van der Waals surface area (Å²) < 4.78 is 0. The van der Waals surface area contributed by atoms with Gasteiger partial charge < -0.3 is 10.2 Å². The quantitative estimate of drug-likeness (QED) is 0.501. The molecule has 1 aliphatic heterocycles. The van der Waals surface area contributed by atoms with Crippen LogP contribution in [0, 0.1) is 31.6 Å². The second-order valence-corrected chi connectivity index (χ2v) is 11.5. The van der Waals surface area contributed by atoms with Crippen LogP contribution in [0.1, 0.15) is 51.3 Å². The predicted octanol–water partition coefficient (Wildman–Crippen LogP) is 5.39. The van der Waals surface area contributed by atoms with Crippen molar-refractivity contribution >= 4 is 34.8 Å². The number of halogens is 1. The molecule has 1 saturated carbocycles. The number of thiazole rings is 1. The molecule has 8 heteroatoms. The van der Waals surface area contributed by atoms with E-state index in [4.69, 9.17) is 11.6 Å². The Labute approximate surface area is 214 Å². The molecular formula is C27H29ClN4O2S. The van der Waals surface area contributed by atoms with Gasteiger partial charge in [-0.1, -0.05) is 48.4 Å². The van der Waals surface area contributed by atoms with Crippen LogP contribution in [0.4, 0.5) is 0 Å². The van der Waals surface area contributed by atoms with Gasteiger partial charge in [0.15, 0.2) is 0 Å². The highest BCUT2D eigenvalue weighted by atomic mass is 35.5. The smallest absolute Gasteiger partial charge is 0.274 e. The SMILES string of the molecule is Cc1cccc(-c2sc(C)nc2C(=O)N2C[C@@H]3CC(C)C[C@@H]3[C@H]2CNC(=O)c2cc(Cl)ccn2)c1. The van der Waals surface area contributed by atoms with E-state index in [0.717, 1.165) is 33.9 Å². The first-order valence-corrected chi connectivity index (χ1v) is 13.2. The molecule has 2 aliphatic rings. The Morgan fingerprint density at radius 3 is 2.80 bits per heavy atom. The van der Waals surface area contributed by atoms with Crippen molar-refractivity contribution in [1.29, 1.82) is 0 Å². The second kappa shape index (κ2) is 9.70. The molecule has 2 fully saturated rings. The normalized spacial score (nSPS) is 23.4. The van der Waals surface area contributed by atoms with Crippen LogP contribution in [-0.2, 0) is 0 Å². The molecule has 1 unspecified atom stereocenters. The Morgan fingerprint density at radius 1 is 1.20 bits per heavy atom. The third kappa shape index (κ3) is 4.84. The number of amides is 2. The van der Waals surface area contributed by atoms with E-state index in [9.17, 15) is 9.59 Å². The van der Waals surface area contributed by atoms with Crippen molar-refractivity contribution in [3.05, 3.63) is 69.6 Å². The lowest BCUT2D eigenvalue weighted by molar-refractivity contribution is 0.0692. The van der Waals surface area contributed by atoms with Crippen molar-refractivity contribution in [1.82, 2.24) is 20.2 Å². The number of rotatable bonds is 5. The first-order chi connectivity index (χ1) is 16.8. The summed E-state index contributed by atoms with van der Waals surface area (Å²) in [5, 5.41) is 4.36. The zero-order chi connectivity index (χ0) is 24.7. The van der Waals surface area contributed by atoms with Gasteiger partial charge in [-0.3, -0.25) is 14.6 Å². The molecule has 1 aliphatic carbocycles. The van der Waals surface area contributed by atoms with Crippen LogP contribution in [0.25, 0.3) is 10.4 Å². The summed E-state index contributed by atoms with van der Waals surface area (Å²) in [6.45, 7) is 7.35. The van der Waals surface area contributed by atoms with Crippen molar-refractivity contribution in [2.45, 2.75) is 39.7 Å². The van der Waals surface area contributed by atoms with E-state index < -0.39 is 0 Å². The van der Waals surface area contributed by atoms with Gasteiger partial charge in [0.2, 0.25) is 0 Å². The standard InChI is InChI=1S/C27H29ClN4O2S/c1-15-5-4-6-18(9-15)25-24(31-17(3)35-25)27(34)32-14-19-10-16(2)11-21(19)23(32)13-30-26(33)22-12-20(28)7-8-29-22/h4-9,12,16,19,21,23H,10-11,13-14H2,1-3H3,(H,30,33)/t16?,19-,21-,23+/m0/s1. The van der Waals surface area contributed by atoms with Gasteiger partial charge in [0, 0.05) is 24.3 Å². The van der Waals surface area contributed by atoms with E-state index in [0.29, 0.717) is 41.6 Å². The molecule has 3 heterocycles. The Balaban J connectivity index is 1.41. The molecule has 4 atom stereocenters. The molecule has 182 valence electrons. The van der Waals surface area contributed by atoms with Gasteiger partial charge >= 0.3 is 0 Å². The molecule has 6 nitrogen and oxygen atoms in total. The lowest BCUT2D eigenvalue weighted by Gasteiger charge is -2.28. The van der Waals surface area contributed by atoms with Crippen LogP contribution in [0.3, 0.4) is 0 Å². The minimum atomic E-state index is -0.278. The summed E-state index contributed by atoms with van der Waals surface area (Å²) in [5.41, 5.74) is 2.95. The summed E-state index contributed by atoms with van der Waals surface area (Å²) in [7, 11) is 0. The predicted molar refractivity (Wildman–Crippen MR) is 139 cm³/mol. The molecule has 1 N–H and O–H groups in total. The first kappa shape index (κ1) is 23.9. The molecule has 0 bridgehead atoms. The summed E-state index contributed by atoms with van der Waals surface area (Å²) in [5.74, 6) is 1.11. The lowest BCUT2D eigenvalue weighted by Crippen LogP contribution is -2.46. The van der Waals surface area contributed by atoms with E-state index in [1.54, 1.807) is 23.5 Å². The highest BCUT2D eigenvalue weighted by molar-refractivity contribution is 7.15. The number of nitrogens with one attached hydrogen (secondary N) is 1. The largest absolute Gasteiger partial charge is 0.349 e. The third-order valence-corrected chi connectivity index (χ3v) is 8.47. The zero-order valence-electron chi connectivity index (χ0n) is 20.1. The molecule has 2 aromatic heterocycles. The number of fused-ring (bicyclic) bond motifs is 1. The molecule has 0 radical (unpaired) electrons. The molecule has 3 aromatic rings. The number of pyridine rings is 1. The zero-order valence-corrected chi connectivity index (χ0v) is 21.7.